The molecule has 2 fully saturated rings. The Morgan fingerprint density at radius 3 is 2.38 bits per heavy atom. The number of hydrogen-bond acceptors (Lipinski definition) is 4. The number of nitrogens with zero attached hydrogens (tertiary/aromatic N) is 3. The summed E-state index contributed by atoms with van der Waals surface area (Å²) in [6.45, 7) is 0. The average molecular weight is 301 g/mol. The van der Waals surface area contributed by atoms with Crippen molar-refractivity contribution in [2.75, 3.05) is 11.9 Å². The minimum Gasteiger partial charge on any atom is -0.393 e. The van der Waals surface area contributed by atoms with Gasteiger partial charge in [-0.15, -0.1) is 0 Å². The standard InChI is InChI=1S/C14H18F3N3O/c1-20(10-4-8-6-11(21)7-9(8)5-10)13-18-3-2-12(19-13)14(15,16)17/h2-3,8-11,21H,4-7H2,1H3/t8-,9+,10?,11?. The molecule has 2 aliphatic rings. The van der Waals surface area contributed by atoms with Crippen LogP contribution in [0.2, 0.25) is 0 Å². The molecule has 0 radical (unpaired) electrons. The normalized spacial score (nSPS) is 32.2. The Balaban J connectivity index is 1.73. The molecular weight excluding hydrogens is 283 g/mol. The van der Waals surface area contributed by atoms with Gasteiger partial charge in [0.1, 0.15) is 5.69 Å². The summed E-state index contributed by atoms with van der Waals surface area (Å²) in [6.07, 6.45) is -0.126. The van der Waals surface area contributed by atoms with E-state index in [1.807, 2.05) is 0 Å². The minimum absolute atomic E-state index is 0.121. The Morgan fingerprint density at radius 1 is 1.19 bits per heavy atom. The van der Waals surface area contributed by atoms with Crippen LogP contribution in [0.3, 0.4) is 0 Å². The summed E-state index contributed by atoms with van der Waals surface area (Å²) in [5, 5.41) is 9.64. The van der Waals surface area contributed by atoms with E-state index in [0.717, 1.165) is 37.9 Å². The Bertz CT molecular complexity index is 508. The number of rotatable bonds is 2. The average Bonchev–Trinajstić information content (AvgIpc) is 2.94. The van der Waals surface area contributed by atoms with Crippen LogP contribution in [0.1, 0.15) is 31.4 Å². The molecule has 116 valence electrons. The van der Waals surface area contributed by atoms with Crippen LogP contribution in [-0.2, 0) is 6.18 Å². The molecule has 2 saturated carbocycles. The third kappa shape index (κ3) is 2.84. The zero-order valence-electron chi connectivity index (χ0n) is 11.7. The predicted molar refractivity (Wildman–Crippen MR) is 70.7 cm³/mol. The molecule has 2 aliphatic carbocycles. The summed E-state index contributed by atoms with van der Waals surface area (Å²) in [4.78, 5) is 9.36. The molecule has 4 atom stereocenters. The predicted octanol–water partition coefficient (Wildman–Crippen LogP) is 2.48. The fraction of sp³-hybridized carbons (Fsp3) is 0.714. The topological polar surface area (TPSA) is 49.2 Å². The first-order chi connectivity index (χ1) is 9.84. The monoisotopic (exact) mass is 301 g/mol. The van der Waals surface area contributed by atoms with Gasteiger partial charge in [0.15, 0.2) is 0 Å². The van der Waals surface area contributed by atoms with Gasteiger partial charge in [0, 0.05) is 19.3 Å². The van der Waals surface area contributed by atoms with E-state index >= 15 is 0 Å². The van der Waals surface area contributed by atoms with Crippen molar-refractivity contribution in [3.63, 3.8) is 0 Å². The van der Waals surface area contributed by atoms with Crippen molar-refractivity contribution in [3.8, 4) is 0 Å². The summed E-state index contributed by atoms with van der Waals surface area (Å²) in [5.74, 6) is 1.06. The van der Waals surface area contributed by atoms with Crippen molar-refractivity contribution < 1.29 is 18.3 Å². The zero-order valence-corrected chi connectivity index (χ0v) is 11.7. The number of anilines is 1. The third-order valence-electron chi connectivity index (χ3n) is 4.76. The van der Waals surface area contributed by atoms with E-state index in [4.69, 9.17) is 0 Å². The van der Waals surface area contributed by atoms with Crippen LogP contribution < -0.4 is 4.90 Å². The van der Waals surface area contributed by atoms with E-state index in [-0.39, 0.29) is 18.1 Å². The van der Waals surface area contributed by atoms with Gasteiger partial charge < -0.3 is 10.0 Å². The highest BCUT2D eigenvalue weighted by Gasteiger charge is 2.43. The van der Waals surface area contributed by atoms with Gasteiger partial charge in [-0.25, -0.2) is 9.97 Å². The van der Waals surface area contributed by atoms with Gasteiger partial charge in [0.2, 0.25) is 5.95 Å². The van der Waals surface area contributed by atoms with Crippen molar-refractivity contribution in [1.82, 2.24) is 9.97 Å². The highest BCUT2D eigenvalue weighted by atomic mass is 19.4. The molecule has 1 heterocycles. The summed E-state index contributed by atoms with van der Waals surface area (Å²) in [7, 11) is 1.75. The number of aromatic nitrogens is 2. The molecule has 7 heteroatoms. The first kappa shape index (κ1) is 14.6. The fourth-order valence-corrected chi connectivity index (χ4v) is 3.71. The number of aliphatic hydroxyl groups excluding tert-OH is 1. The van der Waals surface area contributed by atoms with Gasteiger partial charge in [0.05, 0.1) is 6.10 Å². The van der Waals surface area contributed by atoms with Gasteiger partial charge in [0.25, 0.3) is 0 Å². The molecule has 4 nitrogen and oxygen atoms in total. The van der Waals surface area contributed by atoms with Crippen molar-refractivity contribution in [3.05, 3.63) is 18.0 Å². The van der Waals surface area contributed by atoms with Gasteiger partial charge in [-0.1, -0.05) is 0 Å². The second kappa shape index (κ2) is 5.12. The highest BCUT2D eigenvalue weighted by molar-refractivity contribution is 5.32. The molecule has 3 rings (SSSR count). The lowest BCUT2D eigenvalue weighted by atomic mass is 10.0. The minimum atomic E-state index is -4.45. The third-order valence-corrected chi connectivity index (χ3v) is 4.76. The summed E-state index contributed by atoms with van der Waals surface area (Å²) < 4.78 is 38.1. The number of hydrogen-bond donors (Lipinski definition) is 1. The molecule has 0 saturated heterocycles. The molecule has 0 spiro atoms. The molecule has 1 aromatic rings. The van der Waals surface area contributed by atoms with Crippen LogP contribution in [0.25, 0.3) is 0 Å². The van der Waals surface area contributed by atoms with Crippen molar-refractivity contribution in [2.45, 2.75) is 44.0 Å². The molecule has 1 N–H and O–H groups in total. The van der Waals surface area contributed by atoms with Crippen LogP contribution in [0.15, 0.2) is 12.3 Å². The smallest absolute Gasteiger partial charge is 0.393 e. The zero-order chi connectivity index (χ0) is 15.2. The maximum atomic E-state index is 12.7. The Labute approximate surface area is 121 Å². The van der Waals surface area contributed by atoms with E-state index in [0.29, 0.717) is 11.8 Å². The van der Waals surface area contributed by atoms with E-state index < -0.39 is 11.9 Å². The highest BCUT2D eigenvalue weighted by Crippen LogP contribution is 2.45. The van der Waals surface area contributed by atoms with E-state index in [1.54, 1.807) is 11.9 Å². The van der Waals surface area contributed by atoms with Crippen molar-refractivity contribution in [2.24, 2.45) is 11.8 Å². The number of aliphatic hydroxyl groups is 1. The summed E-state index contributed by atoms with van der Waals surface area (Å²) in [6, 6.07) is 1.04. The first-order valence-corrected chi connectivity index (χ1v) is 7.15. The quantitative estimate of drug-likeness (QED) is 0.912. The molecule has 1 aromatic heterocycles. The molecule has 0 aromatic carbocycles. The van der Waals surface area contributed by atoms with Crippen LogP contribution in [0.5, 0.6) is 0 Å². The Hall–Kier alpha value is -1.37. The van der Waals surface area contributed by atoms with E-state index in [2.05, 4.69) is 9.97 Å². The van der Waals surface area contributed by atoms with E-state index in [9.17, 15) is 18.3 Å². The number of alkyl halides is 3. The number of halogens is 3. The second-order valence-electron chi connectivity index (χ2n) is 6.12. The molecular formula is C14H18F3N3O. The van der Waals surface area contributed by atoms with Crippen LogP contribution in [0.4, 0.5) is 19.1 Å². The van der Waals surface area contributed by atoms with Gasteiger partial charge in [-0.05, 0) is 43.6 Å². The molecule has 0 aliphatic heterocycles. The summed E-state index contributed by atoms with van der Waals surface area (Å²) >= 11 is 0. The maximum Gasteiger partial charge on any atom is 0.433 e. The van der Waals surface area contributed by atoms with Gasteiger partial charge >= 0.3 is 6.18 Å². The summed E-state index contributed by atoms with van der Waals surface area (Å²) in [5.41, 5.74) is -0.909. The van der Waals surface area contributed by atoms with E-state index in [1.165, 1.54) is 0 Å². The van der Waals surface area contributed by atoms with Gasteiger partial charge in [-0.2, -0.15) is 13.2 Å². The first-order valence-electron chi connectivity index (χ1n) is 7.15. The van der Waals surface area contributed by atoms with Crippen LogP contribution >= 0.6 is 0 Å². The van der Waals surface area contributed by atoms with Gasteiger partial charge in [-0.3, -0.25) is 0 Å². The molecule has 21 heavy (non-hydrogen) atoms. The van der Waals surface area contributed by atoms with Crippen LogP contribution in [0, 0.1) is 11.8 Å². The molecule has 2 unspecified atom stereocenters. The lowest BCUT2D eigenvalue weighted by molar-refractivity contribution is -0.141. The Kier molecular flexibility index (Phi) is 3.55. The van der Waals surface area contributed by atoms with Crippen molar-refractivity contribution in [1.29, 1.82) is 0 Å². The lowest BCUT2D eigenvalue weighted by Gasteiger charge is -2.26. The van der Waals surface area contributed by atoms with Crippen LogP contribution in [-0.4, -0.2) is 34.3 Å². The SMILES string of the molecule is CN(c1nccc(C(F)(F)F)n1)C1C[C@H]2CC(O)C[C@H]2C1. The maximum absolute atomic E-state index is 12.7. The largest absolute Gasteiger partial charge is 0.433 e. The Morgan fingerprint density at radius 2 is 1.81 bits per heavy atom. The lowest BCUT2D eigenvalue weighted by Crippen LogP contribution is -2.32. The van der Waals surface area contributed by atoms with Crippen molar-refractivity contribution >= 4 is 5.95 Å². The molecule has 0 bridgehead atoms. The number of fused-ring (bicyclic) bond motifs is 1. The second-order valence-corrected chi connectivity index (χ2v) is 6.12. The fourth-order valence-electron chi connectivity index (χ4n) is 3.71. The molecule has 0 amide bonds.